The first-order valence-electron chi connectivity index (χ1n) is 5.09. The number of hydrogen-bond acceptors (Lipinski definition) is 3. The van der Waals surface area contributed by atoms with Crippen molar-refractivity contribution in [2.75, 3.05) is 0 Å². The largest absolute Gasteiger partial charge is 0.271 e. The van der Waals surface area contributed by atoms with Crippen LogP contribution in [0, 0.1) is 12.7 Å². The molecule has 0 aliphatic heterocycles. The molecule has 3 N–H and O–H groups in total. The molecular weight excluding hydrogens is 303 g/mol. The summed E-state index contributed by atoms with van der Waals surface area (Å²) in [7, 11) is 0. The molecule has 0 radical (unpaired) electrons. The number of hydrogen-bond donors (Lipinski definition) is 2. The Bertz CT molecular complexity index is 527. The highest BCUT2D eigenvalue weighted by Gasteiger charge is 2.20. The number of thiophene rings is 1. The molecule has 0 aliphatic carbocycles. The zero-order chi connectivity index (χ0) is 12.4. The maximum atomic E-state index is 14.1. The minimum atomic E-state index is -0.329. The Hall–Kier alpha value is -0.750. The van der Waals surface area contributed by atoms with Gasteiger partial charge in [-0.3, -0.25) is 5.84 Å². The molecule has 0 spiro atoms. The number of benzene rings is 1. The lowest BCUT2D eigenvalue weighted by atomic mass is 10.0. The molecule has 0 saturated carbocycles. The molecular formula is C12H12BrFN2S. The summed E-state index contributed by atoms with van der Waals surface area (Å²) in [6.45, 7) is 1.75. The summed E-state index contributed by atoms with van der Waals surface area (Å²) < 4.78 is 15.0. The second-order valence-electron chi connectivity index (χ2n) is 3.71. The summed E-state index contributed by atoms with van der Waals surface area (Å²) >= 11 is 4.98. The van der Waals surface area contributed by atoms with Gasteiger partial charge in [-0.25, -0.2) is 9.82 Å². The molecule has 0 aliphatic rings. The van der Waals surface area contributed by atoms with Gasteiger partial charge in [0.1, 0.15) is 5.82 Å². The van der Waals surface area contributed by atoms with Crippen molar-refractivity contribution in [2.24, 2.45) is 5.84 Å². The zero-order valence-electron chi connectivity index (χ0n) is 9.21. The summed E-state index contributed by atoms with van der Waals surface area (Å²) in [5.74, 6) is 5.34. The molecule has 1 atom stereocenters. The third-order valence-electron chi connectivity index (χ3n) is 2.61. The molecule has 2 nitrogen and oxygen atoms in total. The summed E-state index contributed by atoms with van der Waals surface area (Å²) in [6.07, 6.45) is 0. The second-order valence-corrected chi connectivity index (χ2v) is 5.51. The lowest BCUT2D eigenvalue weighted by Crippen LogP contribution is -2.29. The fraction of sp³-hybridized carbons (Fsp3) is 0.167. The number of rotatable bonds is 3. The fourth-order valence-corrected chi connectivity index (χ4v) is 3.39. The third kappa shape index (κ3) is 2.42. The van der Waals surface area contributed by atoms with Gasteiger partial charge in [-0.05, 0) is 39.9 Å². The lowest BCUT2D eigenvalue weighted by Gasteiger charge is -2.17. The van der Waals surface area contributed by atoms with Crippen molar-refractivity contribution in [3.05, 3.63) is 55.9 Å². The molecule has 0 fully saturated rings. The molecule has 2 rings (SSSR count). The quantitative estimate of drug-likeness (QED) is 0.672. The topological polar surface area (TPSA) is 38.0 Å². The number of nitrogens with one attached hydrogen (secondary N) is 1. The lowest BCUT2D eigenvalue weighted by molar-refractivity contribution is 0.557. The van der Waals surface area contributed by atoms with Crippen molar-refractivity contribution in [1.29, 1.82) is 0 Å². The summed E-state index contributed by atoms with van der Waals surface area (Å²) in [6, 6.07) is 6.93. The van der Waals surface area contributed by atoms with E-state index in [2.05, 4.69) is 21.4 Å². The summed E-state index contributed by atoms with van der Waals surface area (Å²) in [5, 5.41) is 1.94. The predicted molar refractivity (Wildman–Crippen MR) is 72.3 cm³/mol. The maximum Gasteiger partial charge on any atom is 0.131 e. The van der Waals surface area contributed by atoms with Gasteiger partial charge in [-0.2, -0.15) is 0 Å². The van der Waals surface area contributed by atoms with Crippen molar-refractivity contribution in [3.63, 3.8) is 0 Å². The maximum absolute atomic E-state index is 14.1. The molecule has 1 unspecified atom stereocenters. The first-order chi connectivity index (χ1) is 8.15. The highest BCUT2D eigenvalue weighted by atomic mass is 79.9. The Kier molecular flexibility index (Phi) is 3.93. The highest BCUT2D eigenvalue weighted by molar-refractivity contribution is 9.10. The Morgan fingerprint density at radius 2 is 2.18 bits per heavy atom. The van der Waals surface area contributed by atoms with Crippen molar-refractivity contribution in [2.45, 2.75) is 13.0 Å². The molecule has 90 valence electrons. The van der Waals surface area contributed by atoms with Crippen molar-refractivity contribution < 1.29 is 4.39 Å². The number of halogens is 2. The summed E-state index contributed by atoms with van der Waals surface area (Å²) in [4.78, 5) is 0.969. The normalized spacial score (nSPS) is 12.7. The van der Waals surface area contributed by atoms with Crippen LogP contribution in [-0.2, 0) is 0 Å². The zero-order valence-corrected chi connectivity index (χ0v) is 11.6. The van der Waals surface area contributed by atoms with E-state index in [-0.39, 0.29) is 11.9 Å². The van der Waals surface area contributed by atoms with Gasteiger partial charge in [0.05, 0.1) is 6.04 Å². The smallest absolute Gasteiger partial charge is 0.131 e. The fourth-order valence-electron chi connectivity index (χ4n) is 1.71. The summed E-state index contributed by atoms with van der Waals surface area (Å²) in [5.41, 5.74) is 3.86. The number of nitrogens with two attached hydrogens (primary N) is 1. The molecule has 1 heterocycles. The van der Waals surface area contributed by atoms with Gasteiger partial charge in [0.25, 0.3) is 0 Å². The molecule has 17 heavy (non-hydrogen) atoms. The van der Waals surface area contributed by atoms with E-state index in [4.69, 9.17) is 5.84 Å². The van der Waals surface area contributed by atoms with E-state index in [1.807, 2.05) is 17.5 Å². The van der Waals surface area contributed by atoms with Crippen LogP contribution in [0.2, 0.25) is 0 Å². The van der Waals surface area contributed by atoms with E-state index >= 15 is 0 Å². The van der Waals surface area contributed by atoms with Gasteiger partial charge in [0.15, 0.2) is 0 Å². The van der Waals surface area contributed by atoms with Gasteiger partial charge < -0.3 is 0 Å². The van der Waals surface area contributed by atoms with Crippen LogP contribution in [0.15, 0.2) is 34.1 Å². The standard InChI is InChI=1S/C12H12BrFN2S/c1-7-3-2-4-8(10(7)14)11(16-15)12-9(13)5-6-17-12/h2-6,11,16H,15H2,1H3. The Morgan fingerprint density at radius 3 is 2.76 bits per heavy atom. The molecule has 5 heteroatoms. The molecule has 1 aromatic carbocycles. The van der Waals surface area contributed by atoms with Crippen LogP contribution in [0.5, 0.6) is 0 Å². The van der Waals surface area contributed by atoms with Gasteiger partial charge in [0, 0.05) is 14.9 Å². The van der Waals surface area contributed by atoms with E-state index < -0.39 is 0 Å². The Morgan fingerprint density at radius 1 is 1.41 bits per heavy atom. The molecule has 2 aromatic rings. The third-order valence-corrected chi connectivity index (χ3v) is 4.54. The van der Waals surface area contributed by atoms with E-state index in [1.165, 1.54) is 11.3 Å². The average Bonchev–Trinajstić information content (AvgIpc) is 2.72. The number of aryl methyl sites for hydroxylation is 1. The van der Waals surface area contributed by atoms with Gasteiger partial charge in [-0.15, -0.1) is 11.3 Å². The van der Waals surface area contributed by atoms with Gasteiger partial charge >= 0.3 is 0 Å². The van der Waals surface area contributed by atoms with E-state index in [0.29, 0.717) is 11.1 Å². The van der Waals surface area contributed by atoms with E-state index in [1.54, 1.807) is 19.1 Å². The van der Waals surface area contributed by atoms with Crippen LogP contribution in [0.25, 0.3) is 0 Å². The highest BCUT2D eigenvalue weighted by Crippen LogP contribution is 2.34. The molecule has 1 aromatic heterocycles. The average molecular weight is 315 g/mol. The van der Waals surface area contributed by atoms with Crippen LogP contribution in [-0.4, -0.2) is 0 Å². The monoisotopic (exact) mass is 314 g/mol. The second kappa shape index (κ2) is 5.27. The number of hydrazine groups is 1. The minimum Gasteiger partial charge on any atom is -0.271 e. The van der Waals surface area contributed by atoms with Crippen molar-refractivity contribution in [1.82, 2.24) is 5.43 Å². The minimum absolute atomic E-state index is 0.212. The first-order valence-corrected chi connectivity index (χ1v) is 6.76. The Labute approximate surface area is 112 Å². The van der Waals surface area contributed by atoms with Crippen molar-refractivity contribution >= 4 is 27.3 Å². The first kappa shape index (κ1) is 12.7. The van der Waals surface area contributed by atoms with Crippen LogP contribution >= 0.6 is 27.3 Å². The van der Waals surface area contributed by atoms with E-state index in [9.17, 15) is 4.39 Å². The van der Waals surface area contributed by atoms with Crippen molar-refractivity contribution in [3.8, 4) is 0 Å². The van der Waals surface area contributed by atoms with Crippen LogP contribution in [0.4, 0.5) is 4.39 Å². The Balaban J connectivity index is 2.50. The van der Waals surface area contributed by atoms with Crippen LogP contribution in [0.3, 0.4) is 0 Å². The SMILES string of the molecule is Cc1cccc(C(NN)c2sccc2Br)c1F. The van der Waals surface area contributed by atoms with Crippen LogP contribution in [0.1, 0.15) is 22.0 Å². The van der Waals surface area contributed by atoms with Crippen LogP contribution < -0.4 is 11.3 Å². The predicted octanol–water partition coefficient (Wildman–Crippen LogP) is 3.51. The molecule has 0 amide bonds. The molecule has 0 saturated heterocycles. The van der Waals surface area contributed by atoms with Gasteiger partial charge in [-0.1, -0.05) is 18.2 Å². The molecule has 0 bridgehead atoms. The van der Waals surface area contributed by atoms with Gasteiger partial charge in [0.2, 0.25) is 0 Å². The van der Waals surface area contributed by atoms with E-state index in [0.717, 1.165) is 9.35 Å².